The molecule has 3 aromatic rings. The fraction of sp³-hybridized carbons (Fsp3) is 0.406. The minimum atomic E-state index is -4.06. The Morgan fingerprint density at radius 3 is 1.66 bits per heavy atom. The minimum Gasteiger partial charge on any atom is -0.380 e. The lowest BCUT2D eigenvalue weighted by Gasteiger charge is -2.09. The highest BCUT2D eigenvalue weighted by atomic mass is 32.2. The molecule has 0 aromatic heterocycles. The van der Waals surface area contributed by atoms with Gasteiger partial charge in [0.1, 0.15) is 6.10 Å². The highest BCUT2D eigenvalue weighted by Gasteiger charge is 2.18. The first-order chi connectivity index (χ1) is 18.3. The van der Waals surface area contributed by atoms with Gasteiger partial charge in [-0.1, -0.05) is 138 Å². The van der Waals surface area contributed by atoms with Crippen molar-refractivity contribution in [3.63, 3.8) is 0 Å². The summed E-state index contributed by atoms with van der Waals surface area (Å²) >= 11 is 0. The summed E-state index contributed by atoms with van der Waals surface area (Å²) in [4.78, 5) is 11.9. The second-order valence-electron chi connectivity index (χ2n) is 9.59. The van der Waals surface area contributed by atoms with Gasteiger partial charge in [0.05, 0.1) is 4.90 Å². The Balaban J connectivity index is 0.000000279. The molecule has 0 radical (unpaired) electrons. The number of hydrogen-bond donors (Lipinski definition) is 2. The van der Waals surface area contributed by atoms with Gasteiger partial charge in [0, 0.05) is 5.56 Å². The molecule has 0 bridgehead atoms. The van der Waals surface area contributed by atoms with Crippen LogP contribution in [0.5, 0.6) is 0 Å². The molecule has 0 spiro atoms. The molecule has 1 atom stereocenters. The topological polar surface area (TPSA) is 91.7 Å². The molecule has 0 amide bonds. The van der Waals surface area contributed by atoms with Gasteiger partial charge in [-0.25, -0.2) is 0 Å². The van der Waals surface area contributed by atoms with Crippen LogP contribution in [0.1, 0.15) is 98.7 Å². The number of aliphatic hydroxyl groups is 1. The standard InChI is InChI=1S/C18H30O3S.C14H12O2/c1-2-3-4-5-6-7-8-9-10-11-12-17-13-15-18(16-14-17)22(19,20)21;15-13(11-7-3-1-4-8-11)14(16)12-9-5-2-6-10-12/h13-16H,2-12H2,1H3,(H,19,20,21);1-10,13,15H. The van der Waals surface area contributed by atoms with E-state index in [1.165, 1.54) is 69.9 Å². The van der Waals surface area contributed by atoms with Crippen molar-refractivity contribution < 1.29 is 22.9 Å². The van der Waals surface area contributed by atoms with Crippen molar-refractivity contribution >= 4 is 15.9 Å². The highest BCUT2D eigenvalue weighted by Crippen LogP contribution is 2.18. The second kappa shape index (κ2) is 17.7. The predicted molar refractivity (Wildman–Crippen MR) is 154 cm³/mol. The quantitative estimate of drug-likeness (QED) is 0.116. The number of Topliss-reactive ketones (excluding diaryl/α,β-unsaturated/α-hetero) is 1. The number of carbonyl (C=O) groups is 1. The van der Waals surface area contributed by atoms with Crippen LogP contribution in [-0.4, -0.2) is 23.9 Å². The maximum atomic E-state index is 11.9. The second-order valence-corrected chi connectivity index (χ2v) is 11.0. The summed E-state index contributed by atoms with van der Waals surface area (Å²) in [7, 11) is -4.06. The smallest absolute Gasteiger partial charge is 0.294 e. The van der Waals surface area contributed by atoms with E-state index in [1.807, 2.05) is 12.1 Å². The first kappa shape index (κ1) is 31.4. The van der Waals surface area contributed by atoms with Gasteiger partial charge in [-0.2, -0.15) is 8.42 Å². The first-order valence-corrected chi connectivity index (χ1v) is 15.2. The molecule has 6 heteroatoms. The van der Waals surface area contributed by atoms with E-state index in [0.29, 0.717) is 11.1 Å². The lowest BCUT2D eigenvalue weighted by atomic mass is 10.0. The molecule has 5 nitrogen and oxygen atoms in total. The summed E-state index contributed by atoms with van der Waals surface area (Å²) in [5, 5.41) is 9.89. The van der Waals surface area contributed by atoms with Crippen molar-refractivity contribution in [3.8, 4) is 0 Å². The molecule has 3 rings (SSSR count). The molecule has 38 heavy (non-hydrogen) atoms. The SMILES string of the molecule is CCCCCCCCCCCCc1ccc(S(=O)(=O)O)cc1.O=C(c1ccccc1)C(O)c1ccccc1. The molecule has 0 aliphatic rings. The number of unbranched alkanes of at least 4 members (excludes halogenated alkanes) is 9. The molecule has 0 saturated carbocycles. The molecule has 1 unspecified atom stereocenters. The monoisotopic (exact) mass is 538 g/mol. The van der Waals surface area contributed by atoms with Crippen molar-refractivity contribution in [2.24, 2.45) is 0 Å². The number of hydrogen-bond acceptors (Lipinski definition) is 4. The number of benzene rings is 3. The average molecular weight is 539 g/mol. The van der Waals surface area contributed by atoms with E-state index in [1.54, 1.807) is 60.7 Å². The Morgan fingerprint density at radius 2 is 1.16 bits per heavy atom. The van der Waals surface area contributed by atoms with E-state index in [0.717, 1.165) is 18.4 Å². The third-order valence-corrected chi connectivity index (χ3v) is 7.33. The Hall–Kier alpha value is -2.80. The fourth-order valence-electron chi connectivity index (χ4n) is 4.19. The molecular weight excluding hydrogens is 496 g/mol. The van der Waals surface area contributed by atoms with Crippen LogP contribution in [0.4, 0.5) is 0 Å². The van der Waals surface area contributed by atoms with Gasteiger partial charge < -0.3 is 5.11 Å². The van der Waals surface area contributed by atoms with Crippen LogP contribution in [-0.2, 0) is 16.5 Å². The molecule has 0 heterocycles. The highest BCUT2D eigenvalue weighted by molar-refractivity contribution is 7.85. The Bertz CT molecular complexity index is 1140. The molecule has 2 N–H and O–H groups in total. The number of ketones is 1. The maximum Gasteiger partial charge on any atom is 0.294 e. The summed E-state index contributed by atoms with van der Waals surface area (Å²) in [6.07, 6.45) is 13.1. The van der Waals surface area contributed by atoms with Gasteiger partial charge in [0.25, 0.3) is 10.1 Å². The lowest BCUT2D eigenvalue weighted by Crippen LogP contribution is -2.11. The maximum absolute atomic E-state index is 11.9. The Labute approximate surface area is 228 Å². The summed E-state index contributed by atoms with van der Waals surface area (Å²) in [5.74, 6) is -0.271. The van der Waals surface area contributed by atoms with Crippen molar-refractivity contribution in [1.82, 2.24) is 0 Å². The zero-order chi connectivity index (χ0) is 27.6. The number of aryl methyl sites for hydroxylation is 1. The minimum absolute atomic E-state index is 0.0284. The van der Waals surface area contributed by atoms with Gasteiger partial charge in [0.2, 0.25) is 0 Å². The summed E-state index contributed by atoms with van der Waals surface area (Å²) in [6, 6.07) is 24.3. The van der Waals surface area contributed by atoms with Crippen LogP contribution < -0.4 is 0 Å². The Morgan fingerprint density at radius 1 is 0.684 bits per heavy atom. The molecule has 0 fully saturated rings. The van der Waals surface area contributed by atoms with Gasteiger partial charge in [-0.05, 0) is 36.1 Å². The molecular formula is C32H42O5S. The Kier molecular flexibility index (Phi) is 14.6. The summed E-state index contributed by atoms with van der Waals surface area (Å²) in [6.45, 7) is 2.25. The van der Waals surface area contributed by atoms with Crippen LogP contribution in [0.15, 0.2) is 89.8 Å². The number of aliphatic hydroxyl groups excluding tert-OH is 1. The largest absolute Gasteiger partial charge is 0.380 e. The lowest BCUT2D eigenvalue weighted by molar-refractivity contribution is 0.0747. The van der Waals surface area contributed by atoms with Gasteiger partial charge >= 0.3 is 0 Å². The van der Waals surface area contributed by atoms with Crippen LogP contribution >= 0.6 is 0 Å². The average Bonchev–Trinajstić information content (AvgIpc) is 2.94. The normalized spacial score (nSPS) is 11.9. The molecule has 0 aliphatic heterocycles. The fourth-order valence-corrected chi connectivity index (χ4v) is 4.67. The third-order valence-electron chi connectivity index (χ3n) is 6.46. The summed E-state index contributed by atoms with van der Waals surface area (Å²) in [5.41, 5.74) is 2.28. The van der Waals surface area contributed by atoms with Gasteiger partial charge in [0.15, 0.2) is 5.78 Å². The number of carbonyl (C=O) groups excluding carboxylic acids is 1. The summed E-state index contributed by atoms with van der Waals surface area (Å²) < 4.78 is 30.8. The third kappa shape index (κ3) is 12.2. The predicted octanol–water partition coefficient (Wildman–Crippen LogP) is 8.00. The van der Waals surface area contributed by atoms with Crippen molar-refractivity contribution in [2.45, 2.75) is 88.6 Å². The van der Waals surface area contributed by atoms with Crippen LogP contribution in [0.3, 0.4) is 0 Å². The van der Waals surface area contributed by atoms with E-state index in [9.17, 15) is 18.3 Å². The van der Waals surface area contributed by atoms with Crippen LogP contribution in [0, 0.1) is 0 Å². The van der Waals surface area contributed by atoms with Gasteiger partial charge in [-0.15, -0.1) is 0 Å². The van der Waals surface area contributed by atoms with E-state index < -0.39 is 16.2 Å². The van der Waals surface area contributed by atoms with E-state index in [-0.39, 0.29) is 10.7 Å². The van der Waals surface area contributed by atoms with Crippen LogP contribution in [0.25, 0.3) is 0 Å². The zero-order valence-corrected chi connectivity index (χ0v) is 23.3. The van der Waals surface area contributed by atoms with Gasteiger partial charge in [-0.3, -0.25) is 9.35 Å². The molecule has 3 aromatic carbocycles. The first-order valence-electron chi connectivity index (χ1n) is 13.7. The van der Waals surface area contributed by atoms with Crippen molar-refractivity contribution in [3.05, 3.63) is 102 Å². The molecule has 206 valence electrons. The van der Waals surface area contributed by atoms with Crippen LogP contribution in [0.2, 0.25) is 0 Å². The van der Waals surface area contributed by atoms with E-state index in [4.69, 9.17) is 4.55 Å². The van der Waals surface area contributed by atoms with E-state index >= 15 is 0 Å². The zero-order valence-electron chi connectivity index (χ0n) is 22.5. The van der Waals surface area contributed by atoms with Crippen molar-refractivity contribution in [1.29, 1.82) is 0 Å². The molecule has 0 aliphatic carbocycles. The van der Waals surface area contributed by atoms with Crippen molar-refractivity contribution in [2.75, 3.05) is 0 Å². The molecule has 0 saturated heterocycles. The number of rotatable bonds is 15. The van der Waals surface area contributed by atoms with E-state index in [2.05, 4.69) is 6.92 Å².